The number of benzene rings is 1. The van der Waals surface area contributed by atoms with Gasteiger partial charge in [0.15, 0.2) is 0 Å². The summed E-state index contributed by atoms with van der Waals surface area (Å²) in [5, 5.41) is 3.88. The molecule has 90 valence electrons. The van der Waals surface area contributed by atoms with Crippen LogP contribution >= 0.6 is 0 Å². The lowest BCUT2D eigenvalue weighted by Gasteiger charge is -2.13. The third-order valence-corrected chi connectivity index (χ3v) is 2.41. The van der Waals surface area contributed by atoms with Crippen LogP contribution < -0.4 is 15.8 Å². The Morgan fingerprint density at radius 3 is 2.88 bits per heavy atom. The quantitative estimate of drug-likeness (QED) is 0.828. The van der Waals surface area contributed by atoms with Gasteiger partial charge < -0.3 is 15.8 Å². The first-order chi connectivity index (χ1) is 8.20. The SMILES string of the molecule is CNC[C@@H](C)Oc1nc(N)c2ccccc2n1. The highest BCUT2D eigenvalue weighted by Crippen LogP contribution is 2.20. The molecule has 5 heteroatoms. The number of rotatable bonds is 4. The Kier molecular flexibility index (Phi) is 3.39. The molecule has 2 rings (SSSR count). The minimum absolute atomic E-state index is 0.000521. The third kappa shape index (κ3) is 2.62. The van der Waals surface area contributed by atoms with Gasteiger partial charge in [-0.15, -0.1) is 0 Å². The van der Waals surface area contributed by atoms with E-state index in [9.17, 15) is 0 Å². The zero-order valence-corrected chi connectivity index (χ0v) is 9.97. The summed E-state index contributed by atoms with van der Waals surface area (Å²) in [5.41, 5.74) is 6.66. The van der Waals surface area contributed by atoms with Gasteiger partial charge in [0.2, 0.25) is 0 Å². The zero-order valence-electron chi connectivity index (χ0n) is 9.97. The highest BCUT2D eigenvalue weighted by molar-refractivity contribution is 5.88. The second-order valence-electron chi connectivity index (χ2n) is 3.89. The molecule has 0 amide bonds. The van der Waals surface area contributed by atoms with Gasteiger partial charge in [-0.05, 0) is 26.1 Å². The molecule has 1 heterocycles. The number of hydrogen-bond acceptors (Lipinski definition) is 5. The van der Waals surface area contributed by atoms with Crippen molar-refractivity contribution in [3.05, 3.63) is 24.3 Å². The molecule has 1 aromatic heterocycles. The number of hydrogen-bond donors (Lipinski definition) is 2. The summed E-state index contributed by atoms with van der Waals surface area (Å²) >= 11 is 0. The predicted molar refractivity (Wildman–Crippen MR) is 68.0 cm³/mol. The summed E-state index contributed by atoms with van der Waals surface area (Å²) in [5.74, 6) is 0.447. The number of nitrogens with one attached hydrogen (secondary N) is 1. The Balaban J connectivity index is 2.30. The van der Waals surface area contributed by atoms with E-state index in [1.807, 2.05) is 38.2 Å². The van der Waals surface area contributed by atoms with Gasteiger partial charge >= 0.3 is 6.01 Å². The van der Waals surface area contributed by atoms with E-state index >= 15 is 0 Å². The summed E-state index contributed by atoms with van der Waals surface area (Å²) < 4.78 is 5.58. The minimum Gasteiger partial charge on any atom is -0.459 e. The molecule has 2 aromatic rings. The maximum Gasteiger partial charge on any atom is 0.319 e. The lowest BCUT2D eigenvalue weighted by atomic mass is 10.2. The van der Waals surface area contributed by atoms with Crippen LogP contribution in [0.2, 0.25) is 0 Å². The van der Waals surface area contributed by atoms with E-state index in [1.165, 1.54) is 0 Å². The molecule has 0 aliphatic heterocycles. The zero-order chi connectivity index (χ0) is 12.3. The highest BCUT2D eigenvalue weighted by atomic mass is 16.5. The smallest absolute Gasteiger partial charge is 0.319 e. The molecule has 0 aliphatic rings. The van der Waals surface area contributed by atoms with E-state index < -0.39 is 0 Å². The number of likely N-dealkylation sites (N-methyl/N-ethyl adjacent to an activating group) is 1. The third-order valence-electron chi connectivity index (χ3n) is 2.41. The minimum atomic E-state index is 0.000521. The largest absolute Gasteiger partial charge is 0.459 e. The van der Waals surface area contributed by atoms with Crippen LogP contribution in [0.15, 0.2) is 24.3 Å². The van der Waals surface area contributed by atoms with Crippen molar-refractivity contribution in [2.75, 3.05) is 19.3 Å². The molecule has 0 fully saturated rings. The van der Waals surface area contributed by atoms with Crippen LogP contribution in [0.1, 0.15) is 6.92 Å². The van der Waals surface area contributed by atoms with Gasteiger partial charge in [0.25, 0.3) is 0 Å². The molecular weight excluding hydrogens is 216 g/mol. The molecule has 5 nitrogen and oxygen atoms in total. The van der Waals surface area contributed by atoms with Gasteiger partial charge in [0.1, 0.15) is 11.9 Å². The van der Waals surface area contributed by atoms with Crippen molar-refractivity contribution in [1.82, 2.24) is 15.3 Å². The van der Waals surface area contributed by atoms with E-state index in [0.717, 1.165) is 17.4 Å². The topological polar surface area (TPSA) is 73.1 Å². The fourth-order valence-electron chi connectivity index (χ4n) is 1.64. The summed E-state index contributed by atoms with van der Waals surface area (Å²) in [4.78, 5) is 8.46. The van der Waals surface area contributed by atoms with Crippen LogP contribution in [0.25, 0.3) is 10.9 Å². The molecule has 0 radical (unpaired) electrons. The van der Waals surface area contributed by atoms with E-state index in [4.69, 9.17) is 10.5 Å². The van der Waals surface area contributed by atoms with Crippen LogP contribution in [-0.2, 0) is 0 Å². The Labute approximate surface area is 100 Å². The first-order valence-corrected chi connectivity index (χ1v) is 5.54. The van der Waals surface area contributed by atoms with Crippen LogP contribution in [-0.4, -0.2) is 29.7 Å². The van der Waals surface area contributed by atoms with Gasteiger partial charge in [-0.2, -0.15) is 9.97 Å². The maximum atomic E-state index is 5.86. The fraction of sp³-hybridized carbons (Fsp3) is 0.333. The first kappa shape index (κ1) is 11.6. The summed E-state index contributed by atoms with van der Waals surface area (Å²) in [7, 11) is 1.87. The summed E-state index contributed by atoms with van der Waals surface area (Å²) in [6.45, 7) is 2.68. The first-order valence-electron chi connectivity index (χ1n) is 5.54. The summed E-state index contributed by atoms with van der Waals surface area (Å²) in [6.07, 6.45) is 0.000521. The normalized spacial score (nSPS) is 12.6. The second-order valence-corrected chi connectivity index (χ2v) is 3.89. The number of para-hydroxylation sites is 1. The second kappa shape index (κ2) is 4.97. The highest BCUT2D eigenvalue weighted by Gasteiger charge is 2.08. The van der Waals surface area contributed by atoms with Crippen molar-refractivity contribution >= 4 is 16.7 Å². The van der Waals surface area contributed by atoms with Crippen LogP contribution in [0.3, 0.4) is 0 Å². The van der Waals surface area contributed by atoms with Crippen LogP contribution in [0.4, 0.5) is 5.82 Å². The molecule has 3 N–H and O–H groups in total. The molecule has 17 heavy (non-hydrogen) atoms. The molecule has 0 saturated heterocycles. The lowest BCUT2D eigenvalue weighted by molar-refractivity contribution is 0.203. The molecular formula is C12H16N4O. The van der Waals surface area contributed by atoms with Crippen molar-refractivity contribution < 1.29 is 4.74 Å². The Bertz CT molecular complexity index is 515. The molecule has 1 aromatic carbocycles. The van der Waals surface area contributed by atoms with Gasteiger partial charge in [0.05, 0.1) is 5.52 Å². The number of nitrogens with zero attached hydrogens (tertiary/aromatic N) is 2. The number of ether oxygens (including phenoxy) is 1. The number of fused-ring (bicyclic) bond motifs is 1. The molecule has 0 aliphatic carbocycles. The van der Waals surface area contributed by atoms with Crippen molar-refractivity contribution in [2.45, 2.75) is 13.0 Å². The van der Waals surface area contributed by atoms with Crippen molar-refractivity contribution in [3.8, 4) is 6.01 Å². The van der Waals surface area contributed by atoms with Gasteiger partial charge in [-0.3, -0.25) is 0 Å². The van der Waals surface area contributed by atoms with Gasteiger partial charge in [0, 0.05) is 11.9 Å². The Morgan fingerprint density at radius 1 is 1.35 bits per heavy atom. The van der Waals surface area contributed by atoms with Crippen molar-refractivity contribution in [2.24, 2.45) is 0 Å². The molecule has 0 bridgehead atoms. The monoisotopic (exact) mass is 232 g/mol. The van der Waals surface area contributed by atoms with Crippen molar-refractivity contribution in [3.63, 3.8) is 0 Å². The lowest BCUT2D eigenvalue weighted by Crippen LogP contribution is -2.26. The number of nitrogens with two attached hydrogens (primary N) is 1. The number of nitrogen functional groups attached to an aromatic ring is 1. The molecule has 1 atom stereocenters. The Morgan fingerprint density at radius 2 is 2.12 bits per heavy atom. The van der Waals surface area contributed by atoms with E-state index in [0.29, 0.717) is 11.8 Å². The average molecular weight is 232 g/mol. The maximum absolute atomic E-state index is 5.86. The molecule has 0 saturated carbocycles. The van der Waals surface area contributed by atoms with Crippen LogP contribution in [0, 0.1) is 0 Å². The standard InChI is InChI=1S/C12H16N4O/c1-8(7-14-2)17-12-15-10-6-4-3-5-9(10)11(13)16-12/h3-6,8,14H,7H2,1-2H3,(H2,13,15,16)/t8-/m1/s1. The van der Waals surface area contributed by atoms with Gasteiger partial charge in [-0.1, -0.05) is 12.1 Å². The number of anilines is 1. The van der Waals surface area contributed by atoms with E-state index in [2.05, 4.69) is 15.3 Å². The summed E-state index contributed by atoms with van der Waals surface area (Å²) in [6, 6.07) is 7.93. The number of aromatic nitrogens is 2. The Hall–Kier alpha value is -1.88. The van der Waals surface area contributed by atoms with Crippen molar-refractivity contribution in [1.29, 1.82) is 0 Å². The van der Waals surface area contributed by atoms with E-state index in [-0.39, 0.29) is 6.10 Å². The predicted octanol–water partition coefficient (Wildman–Crippen LogP) is 1.20. The average Bonchev–Trinajstić information content (AvgIpc) is 2.29. The molecule has 0 spiro atoms. The molecule has 0 unspecified atom stereocenters. The van der Waals surface area contributed by atoms with Gasteiger partial charge in [-0.25, -0.2) is 0 Å². The van der Waals surface area contributed by atoms with E-state index in [1.54, 1.807) is 0 Å². The fourth-order valence-corrected chi connectivity index (χ4v) is 1.64. The van der Waals surface area contributed by atoms with Crippen LogP contribution in [0.5, 0.6) is 6.01 Å².